The van der Waals surface area contributed by atoms with Crippen molar-refractivity contribution in [2.45, 2.75) is 19.5 Å². The van der Waals surface area contributed by atoms with E-state index in [0.717, 1.165) is 32.8 Å². The van der Waals surface area contributed by atoms with Crippen molar-refractivity contribution >= 4 is 0 Å². The van der Waals surface area contributed by atoms with Gasteiger partial charge in [-0.25, -0.2) is 0 Å². The number of rotatable bonds is 7. The fraction of sp³-hybridized carbons (Fsp3) is 0.714. The van der Waals surface area contributed by atoms with Gasteiger partial charge in [-0.2, -0.15) is 0 Å². The largest absolute Gasteiger partial charge is 0.379 e. The van der Waals surface area contributed by atoms with Gasteiger partial charge in [0, 0.05) is 64.9 Å². The standard InChI is InChI=1S/C21H36N4O/c1-19(22(2)3)21-6-4-5-20(17-21)18-25-11-9-23(10-12-25)7-8-24-13-15-26-16-14-24/h4-6,17,19H,7-16,18H2,1-3H3. The molecule has 0 radical (unpaired) electrons. The van der Waals surface area contributed by atoms with Crippen LogP contribution >= 0.6 is 0 Å². The van der Waals surface area contributed by atoms with Gasteiger partial charge in [-0.1, -0.05) is 24.3 Å². The number of morpholine rings is 1. The summed E-state index contributed by atoms with van der Waals surface area (Å²) < 4.78 is 5.43. The Morgan fingerprint density at radius 1 is 0.923 bits per heavy atom. The van der Waals surface area contributed by atoms with E-state index in [2.05, 4.69) is 64.9 Å². The van der Waals surface area contributed by atoms with Crippen molar-refractivity contribution in [3.63, 3.8) is 0 Å². The van der Waals surface area contributed by atoms with Crippen LogP contribution in [0, 0.1) is 0 Å². The van der Waals surface area contributed by atoms with Gasteiger partial charge in [-0.05, 0) is 32.1 Å². The van der Waals surface area contributed by atoms with Gasteiger partial charge in [0.05, 0.1) is 13.2 Å². The van der Waals surface area contributed by atoms with Crippen molar-refractivity contribution in [2.75, 3.05) is 79.7 Å². The molecule has 2 fully saturated rings. The molecular weight excluding hydrogens is 324 g/mol. The second-order valence-electron chi connectivity index (χ2n) is 7.96. The SMILES string of the molecule is CC(c1cccc(CN2CCN(CCN3CCOCC3)CC2)c1)N(C)C. The summed E-state index contributed by atoms with van der Waals surface area (Å²) in [6.45, 7) is 14.5. The number of piperazine rings is 1. The van der Waals surface area contributed by atoms with Gasteiger partial charge in [-0.15, -0.1) is 0 Å². The van der Waals surface area contributed by atoms with Crippen molar-refractivity contribution in [3.8, 4) is 0 Å². The number of hydrogen-bond acceptors (Lipinski definition) is 5. The highest BCUT2D eigenvalue weighted by molar-refractivity contribution is 5.25. The Bertz CT molecular complexity index is 537. The minimum Gasteiger partial charge on any atom is -0.379 e. The van der Waals surface area contributed by atoms with Gasteiger partial charge in [0.2, 0.25) is 0 Å². The van der Waals surface area contributed by atoms with Crippen LogP contribution in [0.3, 0.4) is 0 Å². The maximum Gasteiger partial charge on any atom is 0.0594 e. The molecule has 1 unspecified atom stereocenters. The Labute approximate surface area is 159 Å². The molecule has 0 aromatic heterocycles. The van der Waals surface area contributed by atoms with E-state index >= 15 is 0 Å². The molecule has 0 aliphatic carbocycles. The molecule has 2 heterocycles. The third-order valence-corrected chi connectivity index (χ3v) is 5.92. The molecular formula is C21H36N4O. The third kappa shape index (κ3) is 5.76. The highest BCUT2D eigenvalue weighted by atomic mass is 16.5. The van der Waals surface area contributed by atoms with Crippen LogP contribution in [-0.4, -0.2) is 99.3 Å². The molecule has 2 saturated heterocycles. The maximum atomic E-state index is 5.43. The van der Waals surface area contributed by atoms with E-state index in [1.165, 1.54) is 50.4 Å². The first-order chi connectivity index (χ1) is 12.6. The second kappa shape index (κ2) is 9.81. The van der Waals surface area contributed by atoms with Crippen molar-refractivity contribution in [3.05, 3.63) is 35.4 Å². The highest BCUT2D eigenvalue weighted by Crippen LogP contribution is 2.19. The number of hydrogen-bond donors (Lipinski definition) is 0. The minimum atomic E-state index is 0.465. The lowest BCUT2D eigenvalue weighted by Gasteiger charge is -2.36. The number of ether oxygens (including phenoxy) is 1. The minimum absolute atomic E-state index is 0.465. The summed E-state index contributed by atoms with van der Waals surface area (Å²) in [5.74, 6) is 0. The number of benzene rings is 1. The lowest BCUT2D eigenvalue weighted by atomic mass is 10.0. The van der Waals surface area contributed by atoms with Gasteiger partial charge in [-0.3, -0.25) is 14.7 Å². The fourth-order valence-corrected chi connectivity index (χ4v) is 3.79. The first-order valence-electron chi connectivity index (χ1n) is 10.1. The molecule has 3 rings (SSSR count). The summed E-state index contributed by atoms with van der Waals surface area (Å²) in [7, 11) is 4.29. The molecule has 0 N–H and O–H groups in total. The molecule has 26 heavy (non-hydrogen) atoms. The van der Waals surface area contributed by atoms with E-state index in [0.29, 0.717) is 6.04 Å². The Kier molecular flexibility index (Phi) is 7.46. The molecule has 0 bridgehead atoms. The van der Waals surface area contributed by atoms with E-state index in [1.54, 1.807) is 0 Å². The summed E-state index contributed by atoms with van der Waals surface area (Å²) in [5.41, 5.74) is 2.86. The summed E-state index contributed by atoms with van der Waals surface area (Å²) in [5, 5.41) is 0. The molecule has 0 spiro atoms. The fourth-order valence-electron chi connectivity index (χ4n) is 3.79. The Hall–Kier alpha value is -0.980. The monoisotopic (exact) mass is 360 g/mol. The molecule has 146 valence electrons. The van der Waals surface area contributed by atoms with Gasteiger partial charge in [0.15, 0.2) is 0 Å². The molecule has 5 nitrogen and oxygen atoms in total. The van der Waals surface area contributed by atoms with Crippen LogP contribution in [0.2, 0.25) is 0 Å². The maximum absolute atomic E-state index is 5.43. The molecule has 0 saturated carbocycles. The van der Waals surface area contributed by atoms with Crippen LogP contribution in [0.1, 0.15) is 24.1 Å². The normalized spacial score (nSPS) is 22.0. The zero-order valence-electron chi connectivity index (χ0n) is 16.9. The van der Waals surface area contributed by atoms with Gasteiger partial charge in [0.25, 0.3) is 0 Å². The zero-order valence-corrected chi connectivity index (χ0v) is 16.9. The molecule has 2 aliphatic rings. The van der Waals surface area contributed by atoms with Crippen LogP contribution in [0.25, 0.3) is 0 Å². The smallest absolute Gasteiger partial charge is 0.0594 e. The average Bonchev–Trinajstić information content (AvgIpc) is 2.68. The topological polar surface area (TPSA) is 22.2 Å². The second-order valence-corrected chi connectivity index (χ2v) is 7.96. The molecule has 1 aromatic rings. The van der Waals surface area contributed by atoms with Gasteiger partial charge in [0.1, 0.15) is 0 Å². The zero-order chi connectivity index (χ0) is 18.4. The molecule has 1 atom stereocenters. The highest BCUT2D eigenvalue weighted by Gasteiger charge is 2.19. The third-order valence-electron chi connectivity index (χ3n) is 5.92. The van der Waals surface area contributed by atoms with Crippen molar-refractivity contribution in [1.82, 2.24) is 19.6 Å². The van der Waals surface area contributed by atoms with Gasteiger partial charge >= 0.3 is 0 Å². The number of nitrogens with zero attached hydrogens (tertiary/aromatic N) is 4. The van der Waals surface area contributed by atoms with Crippen LogP contribution in [0.4, 0.5) is 0 Å². The summed E-state index contributed by atoms with van der Waals surface area (Å²) in [6, 6.07) is 9.58. The summed E-state index contributed by atoms with van der Waals surface area (Å²) in [4.78, 5) is 10.0. The van der Waals surface area contributed by atoms with E-state index in [-0.39, 0.29) is 0 Å². The predicted octanol–water partition coefficient (Wildman–Crippen LogP) is 1.76. The van der Waals surface area contributed by atoms with E-state index in [9.17, 15) is 0 Å². The van der Waals surface area contributed by atoms with Crippen LogP contribution in [0.5, 0.6) is 0 Å². The van der Waals surface area contributed by atoms with Gasteiger partial charge < -0.3 is 9.64 Å². The summed E-state index contributed by atoms with van der Waals surface area (Å²) in [6.07, 6.45) is 0. The average molecular weight is 361 g/mol. The van der Waals surface area contributed by atoms with E-state index < -0.39 is 0 Å². The molecule has 5 heteroatoms. The Morgan fingerprint density at radius 3 is 2.19 bits per heavy atom. The first-order valence-corrected chi connectivity index (χ1v) is 10.1. The van der Waals surface area contributed by atoms with Crippen molar-refractivity contribution in [1.29, 1.82) is 0 Å². The lowest BCUT2D eigenvalue weighted by molar-refractivity contribution is 0.0297. The van der Waals surface area contributed by atoms with Crippen molar-refractivity contribution < 1.29 is 4.74 Å². The Balaban J connectivity index is 1.41. The lowest BCUT2D eigenvalue weighted by Crippen LogP contribution is -2.49. The van der Waals surface area contributed by atoms with Crippen LogP contribution in [0.15, 0.2) is 24.3 Å². The molecule has 2 aliphatic heterocycles. The van der Waals surface area contributed by atoms with Crippen LogP contribution in [-0.2, 0) is 11.3 Å². The summed E-state index contributed by atoms with van der Waals surface area (Å²) >= 11 is 0. The first kappa shape index (κ1) is 19.8. The van der Waals surface area contributed by atoms with Crippen molar-refractivity contribution in [2.24, 2.45) is 0 Å². The Morgan fingerprint density at radius 2 is 1.54 bits per heavy atom. The quantitative estimate of drug-likeness (QED) is 0.737. The van der Waals surface area contributed by atoms with Crippen LogP contribution < -0.4 is 0 Å². The molecule has 0 amide bonds. The molecule has 1 aromatic carbocycles. The predicted molar refractivity (Wildman–Crippen MR) is 108 cm³/mol. The van der Waals surface area contributed by atoms with E-state index in [1.807, 2.05) is 0 Å². The van der Waals surface area contributed by atoms with E-state index in [4.69, 9.17) is 4.74 Å².